The molecule has 2 aromatic rings. The van der Waals surface area contributed by atoms with Crippen molar-refractivity contribution in [2.24, 2.45) is 5.41 Å². The van der Waals surface area contributed by atoms with Gasteiger partial charge in [-0.05, 0) is 60.8 Å². The first kappa shape index (κ1) is 27.4. The van der Waals surface area contributed by atoms with Gasteiger partial charge in [0.15, 0.2) is 0 Å². The zero-order valence-electron chi connectivity index (χ0n) is 21.8. The molecule has 0 bridgehead atoms. The number of likely N-dealkylation sites (tertiary alicyclic amines) is 1. The molecule has 0 saturated carbocycles. The van der Waals surface area contributed by atoms with Crippen molar-refractivity contribution in [1.82, 2.24) is 13.9 Å². The lowest BCUT2D eigenvalue weighted by Crippen LogP contribution is -2.40. The summed E-state index contributed by atoms with van der Waals surface area (Å²) < 4.78 is 37.5. The van der Waals surface area contributed by atoms with Crippen molar-refractivity contribution in [3.8, 4) is 0 Å². The number of hydrogen-bond acceptors (Lipinski definition) is 6. The van der Waals surface area contributed by atoms with Crippen LogP contribution in [0.3, 0.4) is 0 Å². The summed E-state index contributed by atoms with van der Waals surface area (Å²) in [5, 5.41) is 1.70. The molecule has 1 spiro atoms. The van der Waals surface area contributed by atoms with Crippen molar-refractivity contribution in [2.45, 2.75) is 49.0 Å². The van der Waals surface area contributed by atoms with E-state index in [-0.39, 0.29) is 28.2 Å². The third-order valence-corrected chi connectivity index (χ3v) is 10.7. The van der Waals surface area contributed by atoms with E-state index < -0.39 is 10.0 Å². The summed E-state index contributed by atoms with van der Waals surface area (Å²) in [6.07, 6.45) is 4.24. The van der Waals surface area contributed by atoms with Crippen LogP contribution in [0.5, 0.6) is 0 Å². The molecular weight excluding hydrogens is 518 g/mol. The molecule has 1 amide bonds. The van der Waals surface area contributed by atoms with Crippen LogP contribution in [-0.4, -0.2) is 69.0 Å². The molecule has 0 aliphatic carbocycles. The summed E-state index contributed by atoms with van der Waals surface area (Å²) in [7, 11) is -3.63. The summed E-state index contributed by atoms with van der Waals surface area (Å²) in [5.41, 5.74) is 2.03. The van der Waals surface area contributed by atoms with E-state index in [1.165, 1.54) is 11.9 Å². The number of sulfonamides is 1. The number of amides is 1. The minimum Gasteiger partial charge on any atom is -0.381 e. The normalized spacial score (nSPS) is 24.7. The number of carbonyl (C=O) groups excluding carboxylic acids is 1. The summed E-state index contributed by atoms with van der Waals surface area (Å²) in [4.78, 5) is 16.2. The highest BCUT2D eigenvalue weighted by atomic mass is 32.2. The summed E-state index contributed by atoms with van der Waals surface area (Å²) in [5.74, 6) is -0.259. The fourth-order valence-electron chi connectivity index (χ4n) is 6.05. The quantitative estimate of drug-likeness (QED) is 0.350. The van der Waals surface area contributed by atoms with Crippen LogP contribution in [0.4, 0.5) is 0 Å². The van der Waals surface area contributed by atoms with Crippen LogP contribution >= 0.6 is 11.9 Å². The number of carbonyl (C=O) groups is 1. The molecule has 3 heterocycles. The Bertz CT molecular complexity index is 1210. The molecule has 3 atom stereocenters. The smallest absolute Gasteiger partial charge is 0.243 e. The molecule has 204 valence electrons. The number of ether oxygens (including phenoxy) is 1. The molecule has 0 aromatic heterocycles. The van der Waals surface area contributed by atoms with E-state index in [0.29, 0.717) is 19.5 Å². The zero-order valence-corrected chi connectivity index (χ0v) is 23.4. The van der Waals surface area contributed by atoms with Gasteiger partial charge in [0, 0.05) is 44.2 Å². The minimum absolute atomic E-state index is 0.0819. The maximum atomic E-state index is 13.9. The van der Waals surface area contributed by atoms with E-state index >= 15 is 0 Å². The molecule has 7 nitrogen and oxygen atoms in total. The summed E-state index contributed by atoms with van der Waals surface area (Å²) in [6, 6.07) is 17.0. The van der Waals surface area contributed by atoms with Gasteiger partial charge in [-0.2, -0.15) is 4.31 Å². The third-order valence-electron chi connectivity index (χ3n) is 8.21. The molecule has 5 rings (SSSR count). The van der Waals surface area contributed by atoms with Gasteiger partial charge in [0.25, 0.3) is 0 Å². The fourth-order valence-corrected chi connectivity index (χ4v) is 8.15. The molecule has 3 aliphatic heterocycles. The van der Waals surface area contributed by atoms with Crippen molar-refractivity contribution in [2.75, 3.05) is 39.4 Å². The van der Waals surface area contributed by atoms with Crippen LogP contribution in [-0.2, 0) is 26.0 Å². The standard InChI is InChI=1S/C29H37N3O4S2/c1-2-37-30-20-25-9-6-16-32(25)38(34,35)26-12-10-24(11-13-26)27(19-23-7-4-3-5-8-23)28(33)31-17-14-29(21-31)15-18-36-22-29/h2-5,7-8,10-13,25,27,30H,1,6,9,14-22H2/t25-,27?,29?/m0/s1. The van der Waals surface area contributed by atoms with Crippen molar-refractivity contribution in [1.29, 1.82) is 0 Å². The Hall–Kier alpha value is -2.17. The van der Waals surface area contributed by atoms with E-state index in [2.05, 4.69) is 11.3 Å². The number of benzene rings is 2. The average Bonchev–Trinajstić information content (AvgIpc) is 3.70. The molecule has 3 fully saturated rings. The van der Waals surface area contributed by atoms with Crippen molar-refractivity contribution >= 4 is 27.9 Å². The van der Waals surface area contributed by atoms with Crippen LogP contribution in [0, 0.1) is 5.41 Å². The Labute approximate surface area is 230 Å². The SMILES string of the molecule is C=CSNC[C@@H]1CCCN1S(=O)(=O)c1ccc(C(Cc2ccccc2)C(=O)N2CCC3(CCOC3)C2)cc1. The van der Waals surface area contributed by atoms with E-state index in [0.717, 1.165) is 63.1 Å². The van der Waals surface area contributed by atoms with Crippen molar-refractivity contribution < 1.29 is 17.9 Å². The largest absolute Gasteiger partial charge is 0.381 e. The Balaban J connectivity index is 1.36. The lowest BCUT2D eigenvalue weighted by atomic mass is 9.86. The van der Waals surface area contributed by atoms with Crippen LogP contribution in [0.1, 0.15) is 42.7 Å². The summed E-state index contributed by atoms with van der Waals surface area (Å²) >= 11 is 1.38. The van der Waals surface area contributed by atoms with E-state index in [9.17, 15) is 13.2 Å². The van der Waals surface area contributed by atoms with Gasteiger partial charge in [0.1, 0.15) is 0 Å². The van der Waals surface area contributed by atoms with E-state index in [1.807, 2.05) is 47.4 Å². The van der Waals surface area contributed by atoms with E-state index in [1.54, 1.807) is 21.8 Å². The fraction of sp³-hybridized carbons (Fsp3) is 0.483. The van der Waals surface area contributed by atoms with E-state index in [4.69, 9.17) is 4.74 Å². The number of hydrogen-bond donors (Lipinski definition) is 1. The van der Waals surface area contributed by atoms with Crippen LogP contribution in [0.2, 0.25) is 0 Å². The Morgan fingerprint density at radius 1 is 1.16 bits per heavy atom. The van der Waals surface area contributed by atoms with Crippen molar-refractivity contribution in [3.63, 3.8) is 0 Å². The highest BCUT2D eigenvalue weighted by Gasteiger charge is 2.44. The molecule has 9 heteroatoms. The van der Waals surface area contributed by atoms with Gasteiger partial charge in [-0.25, -0.2) is 8.42 Å². The molecule has 38 heavy (non-hydrogen) atoms. The molecule has 3 aliphatic rings. The maximum Gasteiger partial charge on any atom is 0.243 e. The lowest BCUT2D eigenvalue weighted by molar-refractivity contribution is -0.132. The van der Waals surface area contributed by atoms with Crippen LogP contribution < -0.4 is 4.72 Å². The first-order valence-corrected chi connectivity index (χ1v) is 15.8. The second kappa shape index (κ2) is 11.9. The number of nitrogens with zero attached hydrogens (tertiary/aromatic N) is 2. The predicted molar refractivity (Wildman–Crippen MR) is 151 cm³/mol. The second-order valence-electron chi connectivity index (χ2n) is 10.7. The second-order valence-corrected chi connectivity index (χ2v) is 13.4. The van der Waals surface area contributed by atoms with Gasteiger partial charge >= 0.3 is 0 Å². The Morgan fingerprint density at radius 3 is 2.66 bits per heavy atom. The summed E-state index contributed by atoms with van der Waals surface area (Å²) in [6.45, 7) is 7.75. The molecule has 2 aromatic carbocycles. The van der Waals surface area contributed by atoms with Gasteiger partial charge in [0.2, 0.25) is 15.9 Å². The average molecular weight is 556 g/mol. The number of rotatable bonds is 10. The predicted octanol–water partition coefficient (Wildman–Crippen LogP) is 4.19. The molecule has 2 unspecified atom stereocenters. The van der Waals surface area contributed by atoms with Gasteiger partial charge in [-0.1, -0.05) is 61.0 Å². The first-order chi connectivity index (χ1) is 18.4. The molecular formula is C29H37N3O4S2. The Kier molecular flexibility index (Phi) is 8.59. The Morgan fingerprint density at radius 2 is 1.95 bits per heavy atom. The zero-order chi connectivity index (χ0) is 26.6. The topological polar surface area (TPSA) is 79.0 Å². The van der Waals surface area contributed by atoms with Gasteiger partial charge < -0.3 is 9.64 Å². The lowest BCUT2D eigenvalue weighted by Gasteiger charge is -2.27. The van der Waals surface area contributed by atoms with Gasteiger partial charge in [0.05, 0.1) is 17.4 Å². The van der Waals surface area contributed by atoms with Crippen molar-refractivity contribution in [3.05, 3.63) is 77.7 Å². The van der Waals surface area contributed by atoms with Crippen LogP contribution in [0.25, 0.3) is 0 Å². The first-order valence-electron chi connectivity index (χ1n) is 13.4. The van der Waals surface area contributed by atoms with Gasteiger partial charge in [-0.15, -0.1) is 0 Å². The molecule has 1 N–H and O–H groups in total. The maximum absolute atomic E-state index is 13.9. The third kappa shape index (κ3) is 5.87. The molecule has 3 saturated heterocycles. The number of nitrogens with one attached hydrogen (secondary N) is 1. The van der Waals surface area contributed by atoms with Gasteiger partial charge in [-0.3, -0.25) is 9.52 Å². The monoisotopic (exact) mass is 555 g/mol. The highest BCUT2D eigenvalue weighted by molar-refractivity contribution is 8.00. The minimum atomic E-state index is -3.63. The molecule has 0 radical (unpaired) electrons. The highest BCUT2D eigenvalue weighted by Crippen LogP contribution is 2.39. The van der Waals surface area contributed by atoms with Crippen LogP contribution in [0.15, 0.2) is 71.5 Å².